The van der Waals surface area contributed by atoms with Crippen LogP contribution in [-0.2, 0) is 0 Å². The Morgan fingerprint density at radius 3 is 2.71 bits per heavy atom. The highest BCUT2D eigenvalue weighted by molar-refractivity contribution is 6.32. The summed E-state index contributed by atoms with van der Waals surface area (Å²) in [5.74, 6) is 0.780. The van der Waals surface area contributed by atoms with Crippen LogP contribution in [0.5, 0.6) is 0 Å². The van der Waals surface area contributed by atoms with E-state index in [9.17, 15) is 4.79 Å². The topological polar surface area (TPSA) is 163 Å². The summed E-state index contributed by atoms with van der Waals surface area (Å²) >= 11 is 5.95. The molecule has 0 saturated carbocycles. The monoisotopic (exact) mass is 485 g/mol. The van der Waals surface area contributed by atoms with Gasteiger partial charge in [-0.3, -0.25) is 9.89 Å². The van der Waals surface area contributed by atoms with E-state index >= 15 is 0 Å². The van der Waals surface area contributed by atoms with E-state index in [1.54, 1.807) is 24.5 Å². The number of hydrogen-bond acceptors (Lipinski definition) is 7. The van der Waals surface area contributed by atoms with Crippen molar-refractivity contribution in [2.45, 2.75) is 0 Å². The molecule has 0 saturated heterocycles. The van der Waals surface area contributed by atoms with Crippen LogP contribution >= 0.6 is 11.6 Å². The first kappa shape index (κ1) is 22.0. The van der Waals surface area contributed by atoms with Crippen molar-refractivity contribution in [3.05, 3.63) is 89.7 Å². The number of fused-ring (bicyclic) bond motifs is 2. The molecule has 1 amide bonds. The van der Waals surface area contributed by atoms with Crippen molar-refractivity contribution in [3.8, 4) is 11.4 Å². The van der Waals surface area contributed by atoms with Crippen molar-refractivity contribution < 1.29 is 4.79 Å². The van der Waals surface area contributed by atoms with Crippen LogP contribution in [0.2, 0.25) is 0 Å². The number of H-pyrrole nitrogens is 2. The van der Waals surface area contributed by atoms with Gasteiger partial charge in [0.2, 0.25) is 0 Å². The van der Waals surface area contributed by atoms with E-state index in [0.29, 0.717) is 17.3 Å². The zero-order valence-corrected chi connectivity index (χ0v) is 19.0. The summed E-state index contributed by atoms with van der Waals surface area (Å²) in [5, 5.41) is 14.9. The lowest BCUT2D eigenvalue weighted by Crippen LogP contribution is -2.24. The summed E-state index contributed by atoms with van der Waals surface area (Å²) in [7, 11) is 0. The maximum Gasteiger partial charge on any atom is 0.272 e. The van der Waals surface area contributed by atoms with Crippen molar-refractivity contribution in [2.24, 2.45) is 11.5 Å². The molecular formula is C24H20ClN9O. The van der Waals surface area contributed by atoms with Crippen LogP contribution in [0.25, 0.3) is 33.2 Å². The molecule has 0 bridgehead atoms. The number of nitrogens with one attached hydrogen (secondary N) is 4. The van der Waals surface area contributed by atoms with E-state index in [4.69, 9.17) is 23.1 Å². The molecule has 0 atom stereocenters. The lowest BCUT2D eigenvalue weighted by Gasteiger charge is -2.07. The lowest BCUT2D eigenvalue weighted by atomic mass is 10.1. The number of aromatic nitrogens is 5. The summed E-state index contributed by atoms with van der Waals surface area (Å²) in [6.45, 7) is 0. The number of nitrogens with zero attached hydrogens (tertiary/aromatic N) is 3. The van der Waals surface area contributed by atoms with Crippen molar-refractivity contribution in [1.29, 1.82) is 0 Å². The van der Waals surface area contributed by atoms with Crippen LogP contribution in [0.4, 0.5) is 11.5 Å². The fraction of sp³-hybridized carbons (Fsp3) is 0. The van der Waals surface area contributed by atoms with Crippen LogP contribution in [0.15, 0.2) is 84.1 Å². The van der Waals surface area contributed by atoms with E-state index in [0.717, 1.165) is 39.3 Å². The lowest BCUT2D eigenvalue weighted by molar-refractivity contribution is 0.0962. The largest absolute Gasteiger partial charge is 0.403 e. The molecule has 0 radical (unpaired) electrons. The second-order valence-corrected chi connectivity index (χ2v) is 8.00. The number of halogens is 1. The molecule has 0 aliphatic carbocycles. The first-order valence-electron chi connectivity index (χ1n) is 10.5. The van der Waals surface area contributed by atoms with Crippen molar-refractivity contribution in [3.63, 3.8) is 0 Å². The molecule has 0 fully saturated rings. The number of hydrogen-bond donors (Lipinski definition) is 6. The third-order valence-electron chi connectivity index (χ3n) is 5.31. The second-order valence-electron chi connectivity index (χ2n) is 7.60. The van der Waals surface area contributed by atoms with E-state index in [-0.39, 0.29) is 10.7 Å². The summed E-state index contributed by atoms with van der Waals surface area (Å²) in [6, 6.07) is 15.1. The molecule has 5 aromatic rings. The highest BCUT2D eigenvalue weighted by Crippen LogP contribution is 2.25. The second kappa shape index (κ2) is 9.20. The number of rotatable bonds is 6. The third-order valence-corrected chi connectivity index (χ3v) is 5.64. The number of amides is 1. The van der Waals surface area contributed by atoms with Crippen LogP contribution in [-0.4, -0.2) is 31.1 Å². The third kappa shape index (κ3) is 4.50. The molecule has 0 aliphatic heterocycles. The maximum absolute atomic E-state index is 12.6. The molecule has 174 valence electrons. The van der Waals surface area contributed by atoms with E-state index in [2.05, 4.69) is 35.8 Å². The minimum atomic E-state index is -0.406. The Balaban J connectivity index is 1.38. The number of carbonyl (C=O) groups is 1. The Kier molecular flexibility index (Phi) is 5.78. The van der Waals surface area contributed by atoms with Gasteiger partial charge in [0, 0.05) is 46.1 Å². The van der Waals surface area contributed by atoms with E-state index in [1.807, 2.05) is 36.4 Å². The predicted molar refractivity (Wildman–Crippen MR) is 137 cm³/mol. The van der Waals surface area contributed by atoms with Gasteiger partial charge in [-0.05, 0) is 36.4 Å². The molecule has 3 aromatic heterocycles. The number of carbonyl (C=O) groups excluding carboxylic acids is 1. The standard InChI is InChI=1S/C24H20ClN9O/c25-17(10-26)21(11-27)32-24(35)20-8-13-1-2-14(9-19(13)31-20)23-28-6-5-22(33-23)30-16-3-4-18-15(7-16)12-29-34-18/h1-12,31H,26-27H2,(H,29,34)(H,32,35)(H,28,30,33)/b17-10+,21-11+. The predicted octanol–water partition coefficient (Wildman–Crippen LogP) is 3.81. The number of nitrogens with two attached hydrogens (primary N) is 2. The minimum absolute atomic E-state index is 0.134. The number of allylic oxidation sites excluding steroid dienone is 1. The Morgan fingerprint density at radius 2 is 1.89 bits per heavy atom. The number of benzene rings is 2. The molecule has 0 aliphatic rings. The average molecular weight is 486 g/mol. The smallest absolute Gasteiger partial charge is 0.272 e. The van der Waals surface area contributed by atoms with Crippen LogP contribution in [0, 0.1) is 0 Å². The van der Waals surface area contributed by atoms with Gasteiger partial charge >= 0.3 is 0 Å². The maximum atomic E-state index is 12.6. The van der Waals surface area contributed by atoms with Crippen molar-refractivity contribution in [2.75, 3.05) is 5.32 Å². The van der Waals surface area contributed by atoms with E-state index in [1.165, 1.54) is 6.20 Å². The molecular weight excluding hydrogens is 466 g/mol. The molecule has 10 nitrogen and oxygen atoms in total. The Labute approximate surface area is 204 Å². The van der Waals surface area contributed by atoms with Gasteiger partial charge < -0.3 is 27.1 Å². The van der Waals surface area contributed by atoms with Crippen molar-refractivity contribution >= 4 is 50.8 Å². The normalized spacial score (nSPS) is 12.3. The van der Waals surface area contributed by atoms with Gasteiger partial charge in [-0.25, -0.2) is 9.97 Å². The SMILES string of the molecule is N/C=C(Cl)\C(=C/N)NC(=O)c1cc2ccc(-c3nccc(Nc4ccc5[nH]ncc5c4)n3)cc2[nH]1. The van der Waals surface area contributed by atoms with Gasteiger partial charge in [-0.1, -0.05) is 23.7 Å². The zero-order chi connectivity index (χ0) is 24.4. The van der Waals surface area contributed by atoms with Gasteiger partial charge in [0.1, 0.15) is 11.5 Å². The molecule has 2 aromatic carbocycles. The molecule has 35 heavy (non-hydrogen) atoms. The van der Waals surface area contributed by atoms with Gasteiger partial charge in [0.25, 0.3) is 5.91 Å². The van der Waals surface area contributed by atoms with Gasteiger partial charge in [0.15, 0.2) is 5.82 Å². The molecule has 11 heteroatoms. The quantitative estimate of drug-likeness (QED) is 0.199. The van der Waals surface area contributed by atoms with Crippen molar-refractivity contribution in [1.82, 2.24) is 30.5 Å². The van der Waals surface area contributed by atoms with Crippen LogP contribution < -0.4 is 22.1 Å². The number of anilines is 2. The van der Waals surface area contributed by atoms with Crippen LogP contribution in [0.1, 0.15) is 10.5 Å². The van der Waals surface area contributed by atoms with Gasteiger partial charge in [-0.15, -0.1) is 0 Å². The van der Waals surface area contributed by atoms with Crippen LogP contribution in [0.3, 0.4) is 0 Å². The average Bonchev–Trinajstić information content (AvgIpc) is 3.53. The zero-order valence-electron chi connectivity index (χ0n) is 18.2. The summed E-state index contributed by atoms with van der Waals surface area (Å²) in [5.41, 5.74) is 14.9. The molecule has 8 N–H and O–H groups in total. The summed E-state index contributed by atoms with van der Waals surface area (Å²) in [4.78, 5) is 24.8. The highest BCUT2D eigenvalue weighted by Gasteiger charge is 2.14. The fourth-order valence-corrected chi connectivity index (χ4v) is 3.69. The Hall–Kier alpha value is -4.83. The number of aromatic amines is 2. The summed E-state index contributed by atoms with van der Waals surface area (Å²) in [6.07, 6.45) is 5.78. The van der Waals surface area contributed by atoms with E-state index < -0.39 is 5.91 Å². The molecule has 0 spiro atoms. The fourth-order valence-electron chi connectivity index (χ4n) is 3.58. The molecule has 0 unspecified atom stereocenters. The summed E-state index contributed by atoms with van der Waals surface area (Å²) < 4.78 is 0. The molecule has 3 heterocycles. The first-order chi connectivity index (χ1) is 17.0. The molecule has 5 rings (SSSR count). The van der Waals surface area contributed by atoms with Gasteiger partial charge in [0.05, 0.1) is 22.4 Å². The minimum Gasteiger partial charge on any atom is -0.403 e. The highest BCUT2D eigenvalue weighted by atomic mass is 35.5. The van der Waals surface area contributed by atoms with Gasteiger partial charge in [-0.2, -0.15) is 5.10 Å². The first-order valence-corrected chi connectivity index (χ1v) is 10.9. The Bertz CT molecular complexity index is 1620. The Morgan fingerprint density at radius 1 is 1.00 bits per heavy atom.